The number of piperidine rings is 1. The highest BCUT2D eigenvalue weighted by Gasteiger charge is 2.18. The van der Waals surface area contributed by atoms with Gasteiger partial charge >= 0.3 is 0 Å². The van der Waals surface area contributed by atoms with Gasteiger partial charge in [-0.05, 0) is 18.9 Å². The summed E-state index contributed by atoms with van der Waals surface area (Å²) in [5.41, 5.74) is 3.33. The fourth-order valence-electron chi connectivity index (χ4n) is 2.47. The normalized spacial score (nSPS) is 15.4. The van der Waals surface area contributed by atoms with Crippen LogP contribution in [0.2, 0.25) is 0 Å². The molecule has 0 spiro atoms. The maximum atomic E-state index is 11.5. The van der Waals surface area contributed by atoms with Crippen LogP contribution in [0.3, 0.4) is 0 Å². The lowest BCUT2D eigenvalue weighted by Crippen LogP contribution is -2.36. The molecule has 0 atom stereocenters. The van der Waals surface area contributed by atoms with Crippen LogP contribution < -0.4 is 4.90 Å². The lowest BCUT2D eigenvalue weighted by atomic mass is 10.1. The third-order valence-corrected chi connectivity index (χ3v) is 3.52. The molecule has 102 valence electrons. The molecule has 1 aliphatic rings. The number of Topliss-reactive ketones (excluding diaryl/α,β-unsaturated/α-hetero) is 1. The molecule has 0 bridgehead atoms. The first-order valence-corrected chi connectivity index (χ1v) is 6.88. The first-order chi connectivity index (χ1) is 9.72. The Morgan fingerprint density at radius 3 is 2.65 bits per heavy atom. The average Bonchev–Trinajstić information content (AvgIpc) is 2.47. The number of benzene rings is 1. The van der Waals surface area contributed by atoms with E-state index in [0.717, 1.165) is 24.1 Å². The minimum absolute atomic E-state index is 0.266. The Balaban J connectivity index is 1.82. The number of hydrogen-bond donors (Lipinski definition) is 0. The number of rotatable bonds is 2. The van der Waals surface area contributed by atoms with E-state index in [9.17, 15) is 4.79 Å². The minimum atomic E-state index is 0.266. The average molecular weight is 267 g/mol. The van der Waals surface area contributed by atoms with Crippen molar-refractivity contribution in [1.29, 1.82) is 0 Å². The van der Waals surface area contributed by atoms with Crippen LogP contribution >= 0.6 is 0 Å². The summed E-state index contributed by atoms with van der Waals surface area (Å²) < 4.78 is 0. The number of ketones is 1. The van der Waals surface area contributed by atoms with Crippen LogP contribution in [0.4, 0.5) is 5.95 Å². The zero-order valence-corrected chi connectivity index (χ0v) is 11.5. The third-order valence-electron chi connectivity index (χ3n) is 3.52. The van der Waals surface area contributed by atoms with Crippen molar-refractivity contribution in [3.8, 4) is 11.1 Å². The van der Waals surface area contributed by atoms with E-state index in [1.54, 1.807) is 0 Å². The van der Waals surface area contributed by atoms with E-state index in [4.69, 9.17) is 0 Å². The third kappa shape index (κ3) is 2.69. The van der Waals surface area contributed by atoms with Crippen LogP contribution in [-0.4, -0.2) is 28.8 Å². The summed E-state index contributed by atoms with van der Waals surface area (Å²) in [6.45, 7) is 3.36. The molecular formula is C16H17N3O. The number of anilines is 1. The molecule has 0 saturated carbocycles. The van der Waals surface area contributed by atoms with Gasteiger partial charge in [-0.15, -0.1) is 0 Å². The first-order valence-electron chi connectivity index (χ1n) is 6.88. The van der Waals surface area contributed by atoms with E-state index in [2.05, 4.69) is 35.1 Å². The smallest absolute Gasteiger partial charge is 0.225 e. The fourth-order valence-corrected chi connectivity index (χ4v) is 2.47. The summed E-state index contributed by atoms with van der Waals surface area (Å²) in [6, 6.07) is 8.26. The number of aromatic nitrogens is 2. The van der Waals surface area contributed by atoms with Crippen molar-refractivity contribution in [2.45, 2.75) is 19.8 Å². The van der Waals surface area contributed by atoms with Gasteiger partial charge < -0.3 is 4.90 Å². The number of hydrogen-bond acceptors (Lipinski definition) is 4. The number of carbonyl (C=O) groups excluding carboxylic acids is 1. The van der Waals surface area contributed by atoms with E-state index in [-0.39, 0.29) is 5.78 Å². The van der Waals surface area contributed by atoms with Gasteiger partial charge in [0.2, 0.25) is 5.95 Å². The van der Waals surface area contributed by atoms with Crippen LogP contribution in [0.25, 0.3) is 11.1 Å². The number of carbonyl (C=O) groups is 1. The molecule has 20 heavy (non-hydrogen) atoms. The fraction of sp³-hybridized carbons (Fsp3) is 0.312. The Kier molecular flexibility index (Phi) is 3.46. The molecule has 1 aromatic heterocycles. The molecule has 2 aromatic rings. The van der Waals surface area contributed by atoms with E-state index in [1.807, 2.05) is 23.4 Å². The Morgan fingerprint density at radius 1 is 1.15 bits per heavy atom. The SMILES string of the molecule is Cc1cccc(-c2cnc(N3CCCC(=O)C3)nc2)c1. The summed E-state index contributed by atoms with van der Waals surface area (Å²) >= 11 is 0. The Hall–Kier alpha value is -2.23. The minimum Gasteiger partial charge on any atom is -0.333 e. The van der Waals surface area contributed by atoms with Crippen molar-refractivity contribution in [1.82, 2.24) is 9.97 Å². The molecule has 4 heteroatoms. The number of aryl methyl sites for hydroxylation is 1. The molecule has 0 N–H and O–H groups in total. The van der Waals surface area contributed by atoms with Crippen LogP contribution in [0.15, 0.2) is 36.7 Å². The predicted molar refractivity (Wildman–Crippen MR) is 78.7 cm³/mol. The van der Waals surface area contributed by atoms with E-state index >= 15 is 0 Å². The summed E-state index contributed by atoms with van der Waals surface area (Å²) in [5, 5.41) is 0. The van der Waals surface area contributed by atoms with Crippen molar-refractivity contribution in [2.24, 2.45) is 0 Å². The highest BCUT2D eigenvalue weighted by molar-refractivity contribution is 5.84. The molecule has 0 unspecified atom stereocenters. The van der Waals surface area contributed by atoms with Gasteiger partial charge in [0.1, 0.15) is 0 Å². The summed E-state index contributed by atoms with van der Waals surface area (Å²) in [7, 11) is 0. The van der Waals surface area contributed by atoms with E-state index in [0.29, 0.717) is 18.9 Å². The largest absolute Gasteiger partial charge is 0.333 e. The maximum absolute atomic E-state index is 11.5. The predicted octanol–water partition coefficient (Wildman–Crippen LogP) is 2.62. The van der Waals surface area contributed by atoms with E-state index < -0.39 is 0 Å². The van der Waals surface area contributed by atoms with Crippen molar-refractivity contribution < 1.29 is 4.79 Å². The zero-order valence-electron chi connectivity index (χ0n) is 11.5. The quantitative estimate of drug-likeness (QED) is 0.839. The van der Waals surface area contributed by atoms with Crippen molar-refractivity contribution in [2.75, 3.05) is 18.0 Å². The molecule has 0 aliphatic carbocycles. The van der Waals surface area contributed by atoms with Crippen molar-refractivity contribution in [3.05, 3.63) is 42.2 Å². The van der Waals surface area contributed by atoms with Crippen LogP contribution in [0, 0.1) is 6.92 Å². The highest BCUT2D eigenvalue weighted by Crippen LogP contribution is 2.20. The molecule has 3 rings (SSSR count). The second-order valence-corrected chi connectivity index (χ2v) is 5.21. The number of nitrogens with zero attached hydrogens (tertiary/aromatic N) is 3. The molecule has 2 heterocycles. The molecule has 1 saturated heterocycles. The molecule has 4 nitrogen and oxygen atoms in total. The topological polar surface area (TPSA) is 46.1 Å². The second-order valence-electron chi connectivity index (χ2n) is 5.21. The summed E-state index contributed by atoms with van der Waals surface area (Å²) in [5.74, 6) is 0.914. The van der Waals surface area contributed by atoms with Gasteiger partial charge in [-0.1, -0.05) is 29.8 Å². The molecule has 0 amide bonds. The summed E-state index contributed by atoms with van der Waals surface area (Å²) in [6.07, 6.45) is 5.23. The second kappa shape index (κ2) is 5.41. The standard InChI is InChI=1S/C16H17N3O/c1-12-4-2-5-13(8-12)14-9-17-16(18-10-14)19-7-3-6-15(20)11-19/h2,4-5,8-10H,3,6-7,11H2,1H3. The monoisotopic (exact) mass is 267 g/mol. The molecule has 1 aromatic carbocycles. The first kappa shape index (κ1) is 12.8. The maximum Gasteiger partial charge on any atom is 0.225 e. The molecule has 1 fully saturated rings. The van der Waals surface area contributed by atoms with Gasteiger partial charge in [0.05, 0.1) is 6.54 Å². The van der Waals surface area contributed by atoms with Crippen LogP contribution in [-0.2, 0) is 4.79 Å². The van der Waals surface area contributed by atoms with Crippen LogP contribution in [0.1, 0.15) is 18.4 Å². The molecule has 0 radical (unpaired) electrons. The van der Waals surface area contributed by atoms with Gasteiger partial charge in [-0.25, -0.2) is 9.97 Å². The zero-order chi connectivity index (χ0) is 13.9. The van der Waals surface area contributed by atoms with Crippen molar-refractivity contribution >= 4 is 11.7 Å². The van der Waals surface area contributed by atoms with Gasteiger partial charge in [-0.2, -0.15) is 0 Å². The Morgan fingerprint density at radius 2 is 1.95 bits per heavy atom. The van der Waals surface area contributed by atoms with Gasteiger partial charge in [0.15, 0.2) is 5.78 Å². The van der Waals surface area contributed by atoms with Gasteiger partial charge in [0.25, 0.3) is 0 Å². The van der Waals surface area contributed by atoms with Gasteiger partial charge in [-0.3, -0.25) is 4.79 Å². The lowest BCUT2D eigenvalue weighted by molar-refractivity contribution is -0.118. The van der Waals surface area contributed by atoms with Crippen LogP contribution in [0.5, 0.6) is 0 Å². The Labute approximate surface area is 118 Å². The Bertz CT molecular complexity index is 622. The van der Waals surface area contributed by atoms with E-state index in [1.165, 1.54) is 5.56 Å². The highest BCUT2D eigenvalue weighted by atomic mass is 16.1. The molecular weight excluding hydrogens is 250 g/mol. The summed E-state index contributed by atoms with van der Waals surface area (Å²) in [4.78, 5) is 22.2. The molecule has 1 aliphatic heterocycles. The van der Waals surface area contributed by atoms with Crippen molar-refractivity contribution in [3.63, 3.8) is 0 Å². The van der Waals surface area contributed by atoms with Gasteiger partial charge in [0, 0.05) is 30.9 Å². The lowest BCUT2D eigenvalue weighted by Gasteiger charge is -2.25.